The molecular formula is C20H43N5O2. The maximum absolute atomic E-state index is 11.8. The number of carbonyl (C=O) groups is 2. The molecule has 6 N–H and O–H groups in total. The molecule has 0 unspecified atom stereocenters. The van der Waals surface area contributed by atoms with Crippen molar-refractivity contribution in [2.24, 2.45) is 11.5 Å². The molecule has 2 amide bonds. The minimum atomic E-state index is -0.00582. The summed E-state index contributed by atoms with van der Waals surface area (Å²) < 4.78 is 0. The normalized spacial score (nSPS) is 11.0. The SMILES string of the molecule is CCCCCCCC(=O)NCCC(=O)NCCCN(CCCN)CCCN. The van der Waals surface area contributed by atoms with E-state index in [1.54, 1.807) is 0 Å². The van der Waals surface area contributed by atoms with Crippen LogP contribution in [0, 0.1) is 0 Å². The first-order chi connectivity index (χ1) is 13.1. The zero-order valence-electron chi connectivity index (χ0n) is 17.4. The highest BCUT2D eigenvalue weighted by Gasteiger charge is 2.06. The maximum atomic E-state index is 11.8. The topological polar surface area (TPSA) is 113 Å². The summed E-state index contributed by atoms with van der Waals surface area (Å²) in [4.78, 5) is 25.9. The third-order valence-electron chi connectivity index (χ3n) is 4.51. The van der Waals surface area contributed by atoms with Crippen molar-refractivity contribution in [3.8, 4) is 0 Å². The Bertz CT molecular complexity index is 358. The monoisotopic (exact) mass is 385 g/mol. The van der Waals surface area contributed by atoms with Crippen molar-refractivity contribution in [1.82, 2.24) is 15.5 Å². The lowest BCUT2D eigenvalue weighted by molar-refractivity contribution is -0.122. The van der Waals surface area contributed by atoms with Gasteiger partial charge in [0.1, 0.15) is 0 Å². The summed E-state index contributed by atoms with van der Waals surface area (Å²) >= 11 is 0. The molecule has 0 aromatic heterocycles. The van der Waals surface area contributed by atoms with E-state index >= 15 is 0 Å². The highest BCUT2D eigenvalue weighted by Crippen LogP contribution is 2.04. The molecule has 0 aromatic carbocycles. The van der Waals surface area contributed by atoms with Crippen molar-refractivity contribution in [2.45, 2.75) is 71.1 Å². The molecule has 7 nitrogen and oxygen atoms in total. The van der Waals surface area contributed by atoms with Crippen LogP contribution in [-0.4, -0.2) is 62.5 Å². The average molecular weight is 386 g/mol. The summed E-state index contributed by atoms with van der Waals surface area (Å²) in [6.07, 6.45) is 9.45. The van der Waals surface area contributed by atoms with Crippen LogP contribution in [0.15, 0.2) is 0 Å². The quantitative estimate of drug-likeness (QED) is 0.251. The number of amides is 2. The van der Waals surface area contributed by atoms with Crippen molar-refractivity contribution in [3.63, 3.8) is 0 Å². The smallest absolute Gasteiger partial charge is 0.221 e. The molecule has 7 heteroatoms. The molecule has 0 spiro atoms. The van der Waals surface area contributed by atoms with E-state index in [0.29, 0.717) is 39.0 Å². The Balaban J connectivity index is 3.65. The summed E-state index contributed by atoms with van der Waals surface area (Å²) in [5.41, 5.74) is 11.2. The highest BCUT2D eigenvalue weighted by molar-refractivity contribution is 5.78. The van der Waals surface area contributed by atoms with Gasteiger partial charge < -0.3 is 27.0 Å². The fourth-order valence-electron chi connectivity index (χ4n) is 2.88. The zero-order valence-corrected chi connectivity index (χ0v) is 17.4. The van der Waals surface area contributed by atoms with E-state index in [-0.39, 0.29) is 11.8 Å². The molecule has 160 valence electrons. The van der Waals surface area contributed by atoms with Gasteiger partial charge in [0.05, 0.1) is 0 Å². The van der Waals surface area contributed by atoms with Crippen LogP contribution in [0.1, 0.15) is 71.1 Å². The molecule has 0 atom stereocenters. The number of nitrogens with one attached hydrogen (secondary N) is 2. The van der Waals surface area contributed by atoms with E-state index in [0.717, 1.165) is 51.7 Å². The number of nitrogens with zero attached hydrogens (tertiary/aromatic N) is 1. The standard InChI is InChI=1S/C20H43N5O2/c1-2-3-4-5-6-10-19(26)24-15-11-20(27)23-14-9-18-25(16-7-12-21)17-8-13-22/h2-18,21-22H2,1H3,(H,23,27)(H,24,26). The molecular weight excluding hydrogens is 342 g/mol. The molecule has 0 aliphatic carbocycles. The third kappa shape index (κ3) is 18.0. The Kier molecular flexibility index (Phi) is 18.7. The van der Waals surface area contributed by atoms with Gasteiger partial charge in [-0.3, -0.25) is 9.59 Å². The molecule has 0 aromatic rings. The van der Waals surface area contributed by atoms with E-state index in [2.05, 4.69) is 22.5 Å². The van der Waals surface area contributed by atoms with Crippen LogP contribution in [0.5, 0.6) is 0 Å². The Morgan fingerprint density at radius 1 is 0.704 bits per heavy atom. The number of rotatable bonds is 19. The minimum Gasteiger partial charge on any atom is -0.356 e. The summed E-state index contributed by atoms with van der Waals surface area (Å²) in [6, 6.07) is 0. The van der Waals surface area contributed by atoms with Crippen LogP contribution in [0.25, 0.3) is 0 Å². The van der Waals surface area contributed by atoms with E-state index in [1.807, 2.05) is 0 Å². The number of nitrogens with two attached hydrogens (primary N) is 2. The van der Waals surface area contributed by atoms with Gasteiger partial charge in [-0.15, -0.1) is 0 Å². The average Bonchev–Trinajstić information content (AvgIpc) is 2.66. The molecule has 0 fully saturated rings. The molecule has 0 aliphatic heterocycles. The van der Waals surface area contributed by atoms with Gasteiger partial charge in [-0.05, 0) is 58.4 Å². The van der Waals surface area contributed by atoms with Crippen molar-refractivity contribution >= 4 is 11.8 Å². The number of carbonyl (C=O) groups excluding carboxylic acids is 2. The summed E-state index contributed by atoms with van der Waals surface area (Å²) in [6.45, 7) is 7.54. The first kappa shape index (κ1) is 25.8. The van der Waals surface area contributed by atoms with Crippen molar-refractivity contribution in [2.75, 3.05) is 45.8 Å². The second kappa shape index (κ2) is 19.6. The zero-order chi connectivity index (χ0) is 20.2. The van der Waals surface area contributed by atoms with Crippen LogP contribution in [0.4, 0.5) is 0 Å². The Morgan fingerprint density at radius 3 is 1.89 bits per heavy atom. The molecule has 0 rings (SSSR count). The predicted octanol–water partition coefficient (Wildman–Crippen LogP) is 1.36. The first-order valence-electron chi connectivity index (χ1n) is 10.8. The predicted molar refractivity (Wildman–Crippen MR) is 112 cm³/mol. The Hall–Kier alpha value is -1.18. The third-order valence-corrected chi connectivity index (χ3v) is 4.51. The second-order valence-corrected chi connectivity index (χ2v) is 7.09. The van der Waals surface area contributed by atoms with Gasteiger partial charge in [0, 0.05) is 25.9 Å². The maximum Gasteiger partial charge on any atom is 0.221 e. The number of hydrogen-bond acceptors (Lipinski definition) is 5. The Morgan fingerprint density at radius 2 is 1.26 bits per heavy atom. The molecule has 0 bridgehead atoms. The van der Waals surface area contributed by atoms with Crippen molar-refractivity contribution < 1.29 is 9.59 Å². The summed E-state index contributed by atoms with van der Waals surface area (Å²) in [7, 11) is 0. The lowest BCUT2D eigenvalue weighted by atomic mass is 10.1. The molecule has 27 heavy (non-hydrogen) atoms. The fourth-order valence-corrected chi connectivity index (χ4v) is 2.88. The van der Waals surface area contributed by atoms with E-state index in [4.69, 9.17) is 11.5 Å². The van der Waals surface area contributed by atoms with Gasteiger partial charge in [-0.25, -0.2) is 0 Å². The highest BCUT2D eigenvalue weighted by atomic mass is 16.2. The largest absolute Gasteiger partial charge is 0.356 e. The van der Waals surface area contributed by atoms with Gasteiger partial charge in [-0.1, -0.05) is 32.6 Å². The molecule has 0 saturated heterocycles. The van der Waals surface area contributed by atoms with Crippen LogP contribution >= 0.6 is 0 Å². The summed E-state index contributed by atoms with van der Waals surface area (Å²) in [5.74, 6) is 0.0449. The number of unbranched alkanes of at least 4 members (excludes halogenated alkanes) is 4. The first-order valence-corrected chi connectivity index (χ1v) is 10.8. The van der Waals surface area contributed by atoms with Gasteiger partial charge in [0.2, 0.25) is 11.8 Å². The minimum absolute atomic E-state index is 0.00582. The van der Waals surface area contributed by atoms with Gasteiger partial charge >= 0.3 is 0 Å². The van der Waals surface area contributed by atoms with E-state index < -0.39 is 0 Å². The van der Waals surface area contributed by atoms with Crippen LogP contribution < -0.4 is 22.1 Å². The number of hydrogen-bond donors (Lipinski definition) is 4. The molecule has 0 heterocycles. The lowest BCUT2D eigenvalue weighted by Gasteiger charge is -2.21. The van der Waals surface area contributed by atoms with Gasteiger partial charge in [0.15, 0.2) is 0 Å². The second-order valence-electron chi connectivity index (χ2n) is 7.09. The van der Waals surface area contributed by atoms with Crippen LogP contribution in [-0.2, 0) is 9.59 Å². The lowest BCUT2D eigenvalue weighted by Crippen LogP contribution is -2.34. The van der Waals surface area contributed by atoms with E-state index in [1.165, 1.54) is 19.3 Å². The van der Waals surface area contributed by atoms with Crippen LogP contribution in [0.2, 0.25) is 0 Å². The molecule has 0 aliphatic rings. The van der Waals surface area contributed by atoms with E-state index in [9.17, 15) is 9.59 Å². The Labute approximate surface area is 166 Å². The van der Waals surface area contributed by atoms with Crippen LogP contribution in [0.3, 0.4) is 0 Å². The van der Waals surface area contributed by atoms with Gasteiger partial charge in [0.25, 0.3) is 0 Å². The fraction of sp³-hybridized carbons (Fsp3) is 0.900. The van der Waals surface area contributed by atoms with Gasteiger partial charge in [-0.2, -0.15) is 0 Å². The molecule has 0 radical (unpaired) electrons. The van der Waals surface area contributed by atoms with Crippen molar-refractivity contribution in [3.05, 3.63) is 0 Å². The summed E-state index contributed by atoms with van der Waals surface area (Å²) in [5, 5.41) is 5.75. The van der Waals surface area contributed by atoms with Crippen molar-refractivity contribution in [1.29, 1.82) is 0 Å². The molecule has 0 saturated carbocycles.